The zero-order valence-corrected chi connectivity index (χ0v) is 13.3. The molecular formula is C14H13ClN6S. The standard InChI is InChI=1S/C14H13ClN6S/c15-11-7-16-8-12(19-11)20-2-4-21(5-3-20)14-13-10(1-6-22-13)17-9-18-14/h1,6-9H,2-5H2. The quantitative estimate of drug-likeness (QED) is 0.718. The molecule has 1 aliphatic rings. The maximum absolute atomic E-state index is 5.92. The predicted molar refractivity (Wildman–Crippen MR) is 88.9 cm³/mol. The molecule has 0 amide bonds. The molecule has 4 rings (SSSR count). The first-order chi connectivity index (χ1) is 10.8. The average molecular weight is 333 g/mol. The number of halogens is 1. The maximum Gasteiger partial charge on any atom is 0.150 e. The SMILES string of the molecule is Clc1cncc(N2CCN(c3ncnc4ccsc34)CC2)n1. The molecule has 4 heterocycles. The summed E-state index contributed by atoms with van der Waals surface area (Å²) in [7, 11) is 0. The predicted octanol–water partition coefficient (Wildman–Crippen LogP) is 2.46. The number of rotatable bonds is 2. The van der Waals surface area contributed by atoms with Crippen LogP contribution in [-0.2, 0) is 0 Å². The van der Waals surface area contributed by atoms with Crippen molar-refractivity contribution < 1.29 is 0 Å². The van der Waals surface area contributed by atoms with Gasteiger partial charge >= 0.3 is 0 Å². The van der Waals surface area contributed by atoms with Gasteiger partial charge in [0.1, 0.15) is 23.1 Å². The van der Waals surface area contributed by atoms with Gasteiger partial charge in [0, 0.05) is 26.2 Å². The first-order valence-electron chi connectivity index (χ1n) is 6.97. The monoisotopic (exact) mass is 332 g/mol. The molecular weight excluding hydrogens is 320 g/mol. The number of nitrogens with zero attached hydrogens (tertiary/aromatic N) is 6. The van der Waals surface area contributed by atoms with Crippen LogP contribution < -0.4 is 9.80 Å². The fourth-order valence-electron chi connectivity index (χ4n) is 2.63. The van der Waals surface area contributed by atoms with Gasteiger partial charge in [-0.15, -0.1) is 11.3 Å². The second kappa shape index (κ2) is 5.66. The molecule has 0 aromatic carbocycles. The Bertz CT molecular complexity index is 799. The Morgan fingerprint density at radius 1 is 1.05 bits per heavy atom. The van der Waals surface area contributed by atoms with E-state index in [0.717, 1.165) is 48.0 Å². The molecule has 0 spiro atoms. The summed E-state index contributed by atoms with van der Waals surface area (Å²) in [4.78, 5) is 21.7. The minimum atomic E-state index is 0.427. The highest BCUT2D eigenvalue weighted by atomic mass is 35.5. The van der Waals surface area contributed by atoms with Crippen LogP contribution in [0.4, 0.5) is 11.6 Å². The van der Waals surface area contributed by atoms with Crippen LogP contribution in [-0.4, -0.2) is 46.1 Å². The van der Waals surface area contributed by atoms with Crippen LogP contribution in [0.1, 0.15) is 0 Å². The fraction of sp³-hybridized carbons (Fsp3) is 0.286. The number of piperazine rings is 1. The third-order valence-electron chi connectivity index (χ3n) is 3.72. The lowest BCUT2D eigenvalue weighted by molar-refractivity contribution is 0.642. The van der Waals surface area contributed by atoms with Crippen molar-refractivity contribution in [3.8, 4) is 0 Å². The van der Waals surface area contributed by atoms with Gasteiger partial charge in [-0.25, -0.2) is 15.0 Å². The van der Waals surface area contributed by atoms with Crippen molar-refractivity contribution in [3.63, 3.8) is 0 Å². The lowest BCUT2D eigenvalue weighted by Gasteiger charge is -2.35. The van der Waals surface area contributed by atoms with Crippen LogP contribution in [0.5, 0.6) is 0 Å². The molecule has 112 valence electrons. The minimum absolute atomic E-state index is 0.427. The van der Waals surface area contributed by atoms with Gasteiger partial charge in [0.25, 0.3) is 0 Å². The van der Waals surface area contributed by atoms with Crippen molar-refractivity contribution in [1.29, 1.82) is 0 Å². The molecule has 1 aliphatic heterocycles. The van der Waals surface area contributed by atoms with Crippen LogP contribution >= 0.6 is 22.9 Å². The van der Waals surface area contributed by atoms with Gasteiger partial charge in [0.05, 0.1) is 22.6 Å². The Balaban J connectivity index is 1.53. The van der Waals surface area contributed by atoms with Crippen LogP contribution in [0.3, 0.4) is 0 Å². The zero-order chi connectivity index (χ0) is 14.9. The van der Waals surface area contributed by atoms with Gasteiger partial charge in [-0.3, -0.25) is 4.98 Å². The van der Waals surface area contributed by atoms with Crippen LogP contribution in [0.25, 0.3) is 10.2 Å². The summed E-state index contributed by atoms with van der Waals surface area (Å²) in [5.74, 6) is 1.85. The van der Waals surface area contributed by atoms with Crippen molar-refractivity contribution in [2.45, 2.75) is 0 Å². The van der Waals surface area contributed by atoms with E-state index < -0.39 is 0 Å². The molecule has 3 aromatic rings. The third-order valence-corrected chi connectivity index (χ3v) is 4.80. The number of thiophene rings is 1. The average Bonchev–Trinajstić information content (AvgIpc) is 3.04. The smallest absolute Gasteiger partial charge is 0.150 e. The van der Waals surface area contributed by atoms with E-state index in [1.54, 1.807) is 30.1 Å². The number of aromatic nitrogens is 4. The first kappa shape index (κ1) is 13.7. The molecule has 22 heavy (non-hydrogen) atoms. The van der Waals surface area contributed by atoms with Crippen LogP contribution in [0.2, 0.25) is 5.15 Å². The van der Waals surface area contributed by atoms with Crippen LogP contribution in [0.15, 0.2) is 30.2 Å². The normalized spacial score (nSPS) is 15.5. The van der Waals surface area contributed by atoms with Crippen molar-refractivity contribution >= 4 is 44.8 Å². The van der Waals surface area contributed by atoms with Crippen molar-refractivity contribution in [2.24, 2.45) is 0 Å². The number of fused-ring (bicyclic) bond motifs is 1. The highest BCUT2D eigenvalue weighted by Crippen LogP contribution is 2.28. The van der Waals surface area contributed by atoms with Gasteiger partial charge < -0.3 is 9.80 Å². The van der Waals surface area contributed by atoms with E-state index in [0.29, 0.717) is 5.15 Å². The minimum Gasteiger partial charge on any atom is -0.352 e. The Labute approximate surface area is 136 Å². The number of anilines is 2. The van der Waals surface area contributed by atoms with Gasteiger partial charge in [-0.1, -0.05) is 11.6 Å². The summed E-state index contributed by atoms with van der Waals surface area (Å²) in [6.45, 7) is 3.51. The molecule has 0 radical (unpaired) electrons. The summed E-state index contributed by atoms with van der Waals surface area (Å²) in [6, 6.07) is 2.03. The van der Waals surface area contributed by atoms with Crippen molar-refractivity contribution in [1.82, 2.24) is 19.9 Å². The second-order valence-electron chi connectivity index (χ2n) is 5.01. The highest BCUT2D eigenvalue weighted by molar-refractivity contribution is 7.17. The fourth-order valence-corrected chi connectivity index (χ4v) is 3.64. The summed E-state index contributed by atoms with van der Waals surface area (Å²) in [6.07, 6.45) is 4.94. The molecule has 0 atom stereocenters. The van der Waals surface area contributed by atoms with E-state index in [1.165, 1.54) is 0 Å². The lowest BCUT2D eigenvalue weighted by Crippen LogP contribution is -2.47. The van der Waals surface area contributed by atoms with Gasteiger partial charge in [0.15, 0.2) is 0 Å². The van der Waals surface area contributed by atoms with E-state index in [-0.39, 0.29) is 0 Å². The van der Waals surface area contributed by atoms with Gasteiger partial charge in [-0.2, -0.15) is 0 Å². The number of hydrogen-bond donors (Lipinski definition) is 0. The molecule has 6 nitrogen and oxygen atoms in total. The topological polar surface area (TPSA) is 58.0 Å². The summed E-state index contributed by atoms with van der Waals surface area (Å²) >= 11 is 7.60. The Morgan fingerprint density at radius 2 is 1.86 bits per heavy atom. The highest BCUT2D eigenvalue weighted by Gasteiger charge is 2.21. The molecule has 0 saturated carbocycles. The number of hydrogen-bond acceptors (Lipinski definition) is 7. The van der Waals surface area contributed by atoms with Gasteiger partial charge in [0.2, 0.25) is 0 Å². The summed E-state index contributed by atoms with van der Waals surface area (Å²) < 4.78 is 1.15. The lowest BCUT2D eigenvalue weighted by atomic mass is 10.3. The Kier molecular flexibility index (Phi) is 3.51. The summed E-state index contributed by atoms with van der Waals surface area (Å²) in [5, 5.41) is 2.48. The maximum atomic E-state index is 5.92. The van der Waals surface area contributed by atoms with Crippen molar-refractivity contribution in [3.05, 3.63) is 35.3 Å². The molecule has 0 bridgehead atoms. The molecule has 1 fully saturated rings. The summed E-state index contributed by atoms with van der Waals surface area (Å²) in [5.41, 5.74) is 1.01. The van der Waals surface area contributed by atoms with E-state index in [9.17, 15) is 0 Å². The van der Waals surface area contributed by atoms with E-state index in [1.807, 2.05) is 6.07 Å². The molecule has 0 N–H and O–H groups in total. The van der Waals surface area contributed by atoms with Crippen molar-refractivity contribution in [2.75, 3.05) is 36.0 Å². The van der Waals surface area contributed by atoms with E-state index in [2.05, 4.69) is 35.1 Å². The first-order valence-corrected chi connectivity index (χ1v) is 8.23. The zero-order valence-electron chi connectivity index (χ0n) is 11.7. The Morgan fingerprint density at radius 3 is 2.68 bits per heavy atom. The molecule has 3 aromatic heterocycles. The molecule has 8 heteroatoms. The molecule has 0 unspecified atom stereocenters. The largest absolute Gasteiger partial charge is 0.352 e. The van der Waals surface area contributed by atoms with Gasteiger partial charge in [-0.05, 0) is 11.4 Å². The van der Waals surface area contributed by atoms with Crippen LogP contribution in [0, 0.1) is 0 Å². The third kappa shape index (κ3) is 2.46. The van der Waals surface area contributed by atoms with E-state index in [4.69, 9.17) is 11.6 Å². The molecule has 0 aliphatic carbocycles. The van der Waals surface area contributed by atoms with E-state index >= 15 is 0 Å². The Hall–Kier alpha value is -1.99. The molecule has 1 saturated heterocycles. The second-order valence-corrected chi connectivity index (χ2v) is 6.31.